The van der Waals surface area contributed by atoms with E-state index in [1.165, 1.54) is 24.3 Å². The first-order chi connectivity index (χ1) is 38.0. The van der Waals surface area contributed by atoms with Gasteiger partial charge in [-0.05, 0) is 155 Å². The van der Waals surface area contributed by atoms with Gasteiger partial charge in [0.25, 0.3) is 0 Å². The van der Waals surface area contributed by atoms with Crippen molar-refractivity contribution in [3.8, 4) is 27.7 Å². The van der Waals surface area contributed by atoms with Crippen LogP contribution in [-0.2, 0) is 25.7 Å². The number of piperidine rings is 2. The van der Waals surface area contributed by atoms with Crippen molar-refractivity contribution in [2.45, 2.75) is 103 Å². The van der Waals surface area contributed by atoms with Gasteiger partial charge in [-0.25, -0.2) is 9.37 Å². The average molecular weight is 1090 g/mol. The third kappa shape index (κ3) is 12.4. The summed E-state index contributed by atoms with van der Waals surface area (Å²) in [6.07, 6.45) is 5.95. The summed E-state index contributed by atoms with van der Waals surface area (Å²) in [5, 5.41) is 20.3. The molecule has 2 aromatic heterocycles. The zero-order valence-electron chi connectivity index (χ0n) is 46.0. The number of amides is 4. The summed E-state index contributed by atoms with van der Waals surface area (Å²) >= 11 is 1.60. The van der Waals surface area contributed by atoms with Gasteiger partial charge in [-0.3, -0.25) is 29.1 Å². The second-order valence-electron chi connectivity index (χ2n) is 22.9. The average Bonchev–Trinajstić information content (AvgIpc) is 4.08. The van der Waals surface area contributed by atoms with Gasteiger partial charge in [-0.1, -0.05) is 45.0 Å². The number of benzene rings is 4. The zero-order chi connectivity index (χ0) is 55.6. The van der Waals surface area contributed by atoms with E-state index in [0.717, 1.165) is 102 Å². The molecular weight excluding hydrogens is 1020 g/mol. The Morgan fingerprint density at radius 1 is 0.861 bits per heavy atom. The molecule has 3 aliphatic heterocycles. The molecule has 4 aromatic carbocycles. The minimum atomic E-state index is -1.18. The molecule has 4 amide bonds. The van der Waals surface area contributed by atoms with E-state index in [1.807, 2.05) is 48.8 Å². The number of anilines is 3. The standard InChI is InChI=1S/C61H72FN9O7S/c1-38-54(79-37-65-38)41-9-7-39(8-10-41)34-64-56(73)51-31-46(72)36-71(51)57(74)55(60(2,3)4)68(5)45-22-27-69(28-23-45)35-40-20-29-70(30-21-40)50-33-49-48(32-53(50)77-6)52(19-26-63-49)78-47-17-15-44(16-18-47)67-59(76)61(24-25-61)58(75)66-43-13-11-42(62)12-14-43/h7-19,26,32-33,37,40,45-46,51,55,72H,20-25,27-31,34-36H2,1-6H3,(H,64,73)(H,66,75)(H,67,76)/t46-,51+,55-/m1/s1. The van der Waals surface area contributed by atoms with E-state index in [-0.39, 0.29) is 30.8 Å². The molecule has 1 aliphatic carbocycles. The Bertz CT molecular complexity index is 3150. The number of β-amino-alcohol motifs (C(OH)–C–C–N with tert-alkyl or cyclic N) is 1. The largest absolute Gasteiger partial charge is 0.495 e. The van der Waals surface area contributed by atoms with Gasteiger partial charge in [-0.15, -0.1) is 11.3 Å². The maximum Gasteiger partial charge on any atom is 0.243 e. The summed E-state index contributed by atoms with van der Waals surface area (Å²) in [5.41, 5.74) is 5.99. The molecule has 1 saturated carbocycles. The predicted molar refractivity (Wildman–Crippen MR) is 306 cm³/mol. The number of nitrogens with zero attached hydrogens (tertiary/aromatic N) is 6. The van der Waals surface area contributed by atoms with E-state index in [0.29, 0.717) is 48.2 Å². The van der Waals surface area contributed by atoms with Crippen molar-refractivity contribution in [2.75, 3.05) is 69.0 Å². The lowest BCUT2D eigenvalue weighted by Gasteiger charge is -2.46. The molecule has 16 nitrogen and oxygen atoms in total. The Balaban J connectivity index is 0.697. The van der Waals surface area contributed by atoms with Crippen molar-refractivity contribution in [1.82, 2.24) is 30.0 Å². The topological polar surface area (TPSA) is 182 Å². The zero-order valence-corrected chi connectivity index (χ0v) is 46.8. The third-order valence-corrected chi connectivity index (χ3v) is 17.4. The normalized spacial score (nSPS) is 19.3. The van der Waals surface area contributed by atoms with Crippen LogP contribution in [-0.4, -0.2) is 131 Å². The number of methoxy groups -OCH3 is 1. The number of likely N-dealkylation sites (N-methyl/N-ethyl adjacent to an activating group) is 1. The van der Waals surface area contributed by atoms with E-state index in [2.05, 4.69) is 69.5 Å². The lowest BCUT2D eigenvalue weighted by molar-refractivity contribution is -0.147. The molecule has 3 atom stereocenters. The summed E-state index contributed by atoms with van der Waals surface area (Å²) in [6, 6.07) is 25.4. The summed E-state index contributed by atoms with van der Waals surface area (Å²) < 4.78 is 25.7. The molecule has 18 heteroatoms. The summed E-state index contributed by atoms with van der Waals surface area (Å²) in [4.78, 5) is 73.8. The van der Waals surface area contributed by atoms with Crippen LogP contribution in [0.1, 0.15) is 77.0 Å². The Kier molecular flexibility index (Phi) is 16.4. The number of hydrogen-bond acceptors (Lipinski definition) is 13. The van der Waals surface area contributed by atoms with Crippen LogP contribution in [0.25, 0.3) is 21.3 Å². The van der Waals surface area contributed by atoms with Crippen LogP contribution in [0.3, 0.4) is 0 Å². The molecule has 10 rings (SSSR count). The summed E-state index contributed by atoms with van der Waals surface area (Å²) in [7, 11) is 3.74. The molecule has 4 aliphatic rings. The maximum absolute atomic E-state index is 14.7. The first-order valence-electron chi connectivity index (χ1n) is 27.5. The number of thiazole rings is 1. The predicted octanol–water partition coefficient (Wildman–Crippen LogP) is 9.27. The molecule has 0 radical (unpaired) electrons. The van der Waals surface area contributed by atoms with Gasteiger partial charge in [0.05, 0.1) is 46.5 Å². The number of pyridine rings is 1. The highest BCUT2D eigenvalue weighted by atomic mass is 32.1. The van der Waals surface area contributed by atoms with Crippen molar-refractivity contribution < 1.29 is 38.1 Å². The number of nitrogens with one attached hydrogen (secondary N) is 3. The van der Waals surface area contributed by atoms with E-state index < -0.39 is 46.6 Å². The van der Waals surface area contributed by atoms with Gasteiger partial charge in [0, 0.05) is 68.1 Å². The maximum atomic E-state index is 14.7. The quantitative estimate of drug-likeness (QED) is 0.0637. The molecule has 4 fully saturated rings. The van der Waals surface area contributed by atoms with E-state index >= 15 is 0 Å². The Morgan fingerprint density at radius 2 is 1.52 bits per heavy atom. The number of hydrogen-bond donors (Lipinski definition) is 4. The van der Waals surface area contributed by atoms with Crippen LogP contribution in [0, 0.1) is 29.5 Å². The van der Waals surface area contributed by atoms with Crippen LogP contribution >= 0.6 is 11.3 Å². The van der Waals surface area contributed by atoms with Crippen LogP contribution in [0.4, 0.5) is 21.5 Å². The first kappa shape index (κ1) is 55.3. The molecule has 4 N–H and O–H groups in total. The molecule has 0 bridgehead atoms. The smallest absolute Gasteiger partial charge is 0.243 e. The van der Waals surface area contributed by atoms with Crippen molar-refractivity contribution >= 4 is 62.9 Å². The lowest BCUT2D eigenvalue weighted by atomic mass is 9.83. The van der Waals surface area contributed by atoms with Gasteiger partial charge in [0.15, 0.2) is 0 Å². The number of ether oxygens (including phenoxy) is 2. The van der Waals surface area contributed by atoms with Crippen molar-refractivity contribution in [3.05, 3.63) is 120 Å². The highest BCUT2D eigenvalue weighted by Crippen LogP contribution is 2.48. The SMILES string of the molecule is COc1cc2c(Oc3ccc(NC(=O)C4(C(=O)Nc5ccc(F)cc5)CC4)cc3)ccnc2cc1N1CCC(CN2CCC(N(C)[C@H](C(=O)N3C[C@H](O)C[C@H]3C(=O)NCc3ccc(-c4scnc4C)cc3)C(C)(C)C)CC2)CC1. The van der Waals surface area contributed by atoms with Gasteiger partial charge in [-0.2, -0.15) is 0 Å². The molecule has 0 spiro atoms. The Labute approximate surface area is 465 Å². The van der Waals surface area contributed by atoms with E-state index in [4.69, 9.17) is 14.5 Å². The number of halogens is 1. The monoisotopic (exact) mass is 1090 g/mol. The van der Waals surface area contributed by atoms with Crippen LogP contribution < -0.4 is 30.3 Å². The second kappa shape index (κ2) is 23.4. The summed E-state index contributed by atoms with van der Waals surface area (Å²) in [6.45, 7) is 13.4. The molecule has 79 heavy (non-hydrogen) atoms. The first-order valence-corrected chi connectivity index (χ1v) is 28.4. The number of carbonyl (C=O) groups excluding carboxylic acids is 4. The van der Waals surface area contributed by atoms with Gasteiger partial charge in [0.1, 0.15) is 34.5 Å². The van der Waals surface area contributed by atoms with E-state index in [9.17, 15) is 28.7 Å². The minimum Gasteiger partial charge on any atom is -0.495 e. The van der Waals surface area contributed by atoms with Crippen LogP contribution in [0.15, 0.2) is 103 Å². The van der Waals surface area contributed by atoms with E-state index in [1.54, 1.807) is 53.8 Å². The highest BCUT2D eigenvalue weighted by Gasteiger charge is 2.56. The van der Waals surface area contributed by atoms with Gasteiger partial charge in [0.2, 0.25) is 23.6 Å². The van der Waals surface area contributed by atoms with Crippen LogP contribution in [0.2, 0.25) is 0 Å². The number of aromatic nitrogens is 2. The van der Waals surface area contributed by atoms with Crippen molar-refractivity contribution in [1.29, 1.82) is 0 Å². The summed E-state index contributed by atoms with van der Waals surface area (Å²) in [5.74, 6) is 0.853. The molecule has 3 saturated heterocycles. The molecule has 6 aromatic rings. The fraction of sp³-hybridized carbons (Fsp3) is 0.443. The van der Waals surface area contributed by atoms with Gasteiger partial charge < -0.3 is 45.2 Å². The van der Waals surface area contributed by atoms with Gasteiger partial charge >= 0.3 is 0 Å². The lowest BCUT2D eigenvalue weighted by Crippen LogP contribution is -2.60. The number of fused-ring (bicyclic) bond motifs is 1. The fourth-order valence-corrected chi connectivity index (χ4v) is 12.6. The van der Waals surface area contributed by atoms with Crippen LogP contribution in [0.5, 0.6) is 17.2 Å². The third-order valence-electron chi connectivity index (χ3n) is 16.4. The number of likely N-dealkylation sites (tertiary alicyclic amines) is 2. The minimum absolute atomic E-state index is 0.108. The molecule has 5 heterocycles. The van der Waals surface area contributed by atoms with Crippen molar-refractivity contribution in [2.24, 2.45) is 16.7 Å². The number of carbonyl (C=O) groups is 4. The number of rotatable bonds is 17. The Hall–Kier alpha value is -6.99. The number of aliphatic hydroxyl groups is 1. The van der Waals surface area contributed by atoms with Crippen molar-refractivity contribution in [3.63, 3.8) is 0 Å². The molecule has 0 unspecified atom stereocenters. The number of aliphatic hydroxyl groups excluding tert-OH is 1. The molecule has 416 valence electrons. The molecular formula is C61H72FN9O7S. The Morgan fingerprint density at radius 3 is 2.13 bits per heavy atom. The fourth-order valence-electron chi connectivity index (χ4n) is 11.8. The number of aryl methyl sites for hydroxylation is 1. The second-order valence-corrected chi connectivity index (χ2v) is 23.8. The highest BCUT2D eigenvalue weighted by molar-refractivity contribution is 7.13.